The van der Waals surface area contributed by atoms with Crippen molar-refractivity contribution in [3.05, 3.63) is 52.9 Å². The van der Waals surface area contributed by atoms with E-state index < -0.39 is 0 Å². The van der Waals surface area contributed by atoms with E-state index in [9.17, 15) is 9.90 Å². The lowest BCUT2D eigenvalue weighted by atomic mass is 10.0. The van der Waals surface area contributed by atoms with Crippen LogP contribution in [-0.2, 0) is 0 Å². The van der Waals surface area contributed by atoms with E-state index in [0.29, 0.717) is 34.8 Å². The van der Waals surface area contributed by atoms with Gasteiger partial charge in [0.05, 0.1) is 12.7 Å². The van der Waals surface area contributed by atoms with Crippen molar-refractivity contribution in [1.29, 1.82) is 0 Å². The van der Waals surface area contributed by atoms with Crippen molar-refractivity contribution in [3.63, 3.8) is 0 Å². The summed E-state index contributed by atoms with van der Waals surface area (Å²) in [7, 11) is 1.59. The first-order valence-corrected chi connectivity index (χ1v) is 9.94. The van der Waals surface area contributed by atoms with Gasteiger partial charge in [-0.15, -0.1) is 0 Å². The number of nitrogens with zero attached hydrogens (tertiary/aromatic N) is 1. The van der Waals surface area contributed by atoms with Gasteiger partial charge in [-0.3, -0.25) is 9.69 Å². The highest BCUT2D eigenvalue weighted by Gasteiger charge is 2.15. The van der Waals surface area contributed by atoms with Gasteiger partial charge in [-0.2, -0.15) is 0 Å². The van der Waals surface area contributed by atoms with E-state index in [1.54, 1.807) is 37.4 Å². The Morgan fingerprint density at radius 3 is 2.55 bits per heavy atom. The molecule has 6 heteroatoms. The second kappa shape index (κ2) is 8.57. The lowest BCUT2D eigenvalue weighted by Crippen LogP contribution is -2.33. The average Bonchev–Trinajstić information content (AvgIpc) is 2.75. The van der Waals surface area contributed by atoms with Gasteiger partial charge in [-0.1, -0.05) is 18.6 Å². The molecule has 3 aromatic rings. The molecule has 1 fully saturated rings. The Morgan fingerprint density at radius 2 is 1.83 bits per heavy atom. The number of rotatable bonds is 6. The lowest BCUT2D eigenvalue weighted by Gasteiger charge is -2.26. The molecule has 0 saturated carbocycles. The van der Waals surface area contributed by atoms with Crippen LogP contribution in [0.25, 0.3) is 22.1 Å². The summed E-state index contributed by atoms with van der Waals surface area (Å²) in [6.07, 6.45) is 5.19. The third-order valence-electron chi connectivity index (χ3n) is 5.36. The van der Waals surface area contributed by atoms with E-state index in [2.05, 4.69) is 4.90 Å². The van der Waals surface area contributed by atoms with Crippen LogP contribution in [-0.4, -0.2) is 43.4 Å². The fraction of sp³-hybridized carbons (Fsp3) is 0.348. The number of methoxy groups -OCH3 is 1. The molecule has 1 aliphatic rings. The van der Waals surface area contributed by atoms with Crippen molar-refractivity contribution in [2.24, 2.45) is 0 Å². The number of hydrogen-bond acceptors (Lipinski definition) is 6. The molecule has 0 atom stereocenters. The van der Waals surface area contributed by atoms with Crippen molar-refractivity contribution < 1.29 is 19.0 Å². The summed E-state index contributed by atoms with van der Waals surface area (Å²) in [5.41, 5.74) is 1.10. The van der Waals surface area contributed by atoms with E-state index in [4.69, 9.17) is 13.9 Å². The van der Waals surface area contributed by atoms with Gasteiger partial charge in [0.25, 0.3) is 0 Å². The Balaban J connectivity index is 1.55. The number of phenolic OH excluding ortho intramolecular Hbond substituents is 1. The Bertz CT molecular complexity index is 1040. The van der Waals surface area contributed by atoms with Crippen LogP contribution in [0, 0.1) is 0 Å². The second-order valence-electron chi connectivity index (χ2n) is 7.27. The van der Waals surface area contributed by atoms with Crippen molar-refractivity contribution in [3.8, 4) is 28.4 Å². The summed E-state index contributed by atoms with van der Waals surface area (Å²) >= 11 is 0. The smallest absolute Gasteiger partial charge is 0.204 e. The van der Waals surface area contributed by atoms with Crippen LogP contribution < -0.4 is 14.9 Å². The first-order chi connectivity index (χ1) is 14.2. The molecule has 0 unspecified atom stereocenters. The largest absolute Gasteiger partial charge is 0.507 e. The first kappa shape index (κ1) is 19.3. The molecule has 6 nitrogen and oxygen atoms in total. The summed E-state index contributed by atoms with van der Waals surface area (Å²) in [5, 5.41) is 10.6. The van der Waals surface area contributed by atoms with Gasteiger partial charge in [0.15, 0.2) is 0 Å². The van der Waals surface area contributed by atoms with Crippen LogP contribution in [0.2, 0.25) is 0 Å². The Labute approximate surface area is 169 Å². The summed E-state index contributed by atoms with van der Waals surface area (Å²) in [6.45, 7) is 3.59. The molecule has 1 aliphatic heterocycles. The molecule has 0 amide bonds. The highest BCUT2D eigenvalue weighted by atomic mass is 16.5. The molecule has 2 heterocycles. The Kier molecular flexibility index (Phi) is 5.71. The fourth-order valence-corrected chi connectivity index (χ4v) is 3.74. The molecule has 1 saturated heterocycles. The Hall–Kier alpha value is -2.99. The lowest BCUT2D eigenvalue weighted by molar-refractivity contribution is 0.183. The maximum Gasteiger partial charge on any atom is 0.204 e. The van der Waals surface area contributed by atoms with Crippen LogP contribution in [0.15, 0.2) is 51.9 Å². The summed E-state index contributed by atoms with van der Waals surface area (Å²) in [5.74, 6) is 1.06. The molecule has 4 rings (SSSR count). The second-order valence-corrected chi connectivity index (χ2v) is 7.27. The number of piperidine rings is 1. The van der Waals surface area contributed by atoms with Crippen LogP contribution in [0.4, 0.5) is 0 Å². The van der Waals surface area contributed by atoms with Gasteiger partial charge in [-0.05, 0) is 43.6 Å². The molecule has 29 heavy (non-hydrogen) atoms. The van der Waals surface area contributed by atoms with Crippen LogP contribution >= 0.6 is 0 Å². The van der Waals surface area contributed by atoms with Crippen molar-refractivity contribution in [2.45, 2.75) is 19.3 Å². The number of hydrogen-bond donors (Lipinski definition) is 1. The highest BCUT2D eigenvalue weighted by molar-refractivity contribution is 5.88. The molecule has 0 bridgehead atoms. The van der Waals surface area contributed by atoms with Crippen molar-refractivity contribution in [1.82, 2.24) is 4.90 Å². The van der Waals surface area contributed by atoms with E-state index in [1.165, 1.54) is 31.6 Å². The third-order valence-corrected chi connectivity index (χ3v) is 5.36. The monoisotopic (exact) mass is 395 g/mol. The molecule has 0 radical (unpaired) electrons. The quantitative estimate of drug-likeness (QED) is 0.679. The molecular weight excluding hydrogens is 370 g/mol. The maximum atomic E-state index is 12.9. The van der Waals surface area contributed by atoms with Crippen molar-refractivity contribution >= 4 is 11.0 Å². The highest BCUT2D eigenvalue weighted by Crippen LogP contribution is 2.30. The maximum absolute atomic E-state index is 12.9. The molecule has 2 aromatic carbocycles. The number of benzene rings is 2. The van der Waals surface area contributed by atoms with Gasteiger partial charge in [-0.25, -0.2) is 0 Å². The van der Waals surface area contributed by atoms with Crippen LogP contribution in [0.5, 0.6) is 17.2 Å². The molecule has 1 aromatic heterocycles. The molecular formula is C23H25NO5. The molecule has 0 aliphatic carbocycles. The van der Waals surface area contributed by atoms with Crippen molar-refractivity contribution in [2.75, 3.05) is 33.4 Å². The first-order valence-electron chi connectivity index (χ1n) is 9.94. The normalized spacial score (nSPS) is 14.8. The van der Waals surface area contributed by atoms with Crippen LogP contribution in [0.3, 0.4) is 0 Å². The predicted octanol–water partition coefficient (Wildman–Crippen LogP) is 4.04. The van der Waals surface area contributed by atoms with Crippen LogP contribution in [0.1, 0.15) is 19.3 Å². The predicted molar refractivity (Wildman–Crippen MR) is 112 cm³/mol. The molecule has 0 spiro atoms. The standard InChI is InChI=1S/C23H25NO5/c1-27-17-7-5-16(6-8-17)19-15-29-21-14-18(13-20(25)22(21)23(19)26)28-12-11-24-9-3-2-4-10-24/h5-8,13-15,25H,2-4,9-12H2,1H3. The minimum Gasteiger partial charge on any atom is -0.507 e. The fourth-order valence-electron chi connectivity index (χ4n) is 3.74. The minimum atomic E-state index is -0.284. The van der Waals surface area contributed by atoms with Gasteiger partial charge >= 0.3 is 0 Å². The minimum absolute atomic E-state index is 0.139. The number of phenols is 1. The zero-order valence-electron chi connectivity index (χ0n) is 16.5. The third kappa shape index (κ3) is 4.22. The van der Waals surface area contributed by atoms with E-state index in [1.807, 2.05) is 0 Å². The number of ether oxygens (including phenoxy) is 2. The van der Waals surface area contributed by atoms with E-state index >= 15 is 0 Å². The molecule has 1 N–H and O–H groups in total. The summed E-state index contributed by atoms with van der Waals surface area (Å²) < 4.78 is 16.6. The number of aromatic hydroxyl groups is 1. The summed E-state index contributed by atoms with van der Waals surface area (Å²) in [6, 6.07) is 10.3. The van der Waals surface area contributed by atoms with Gasteiger partial charge in [0.1, 0.15) is 41.1 Å². The van der Waals surface area contributed by atoms with E-state index in [0.717, 1.165) is 19.6 Å². The number of likely N-dealkylation sites (tertiary alicyclic amines) is 1. The van der Waals surface area contributed by atoms with Gasteiger partial charge in [0.2, 0.25) is 5.43 Å². The zero-order chi connectivity index (χ0) is 20.2. The Morgan fingerprint density at radius 1 is 1.07 bits per heavy atom. The average molecular weight is 395 g/mol. The number of fused-ring (bicyclic) bond motifs is 1. The SMILES string of the molecule is COc1ccc(-c2coc3cc(OCCN4CCCCC4)cc(O)c3c2=O)cc1. The summed E-state index contributed by atoms with van der Waals surface area (Å²) in [4.78, 5) is 15.3. The van der Waals surface area contributed by atoms with Gasteiger partial charge < -0.3 is 19.0 Å². The zero-order valence-corrected chi connectivity index (χ0v) is 16.5. The van der Waals surface area contributed by atoms with E-state index in [-0.39, 0.29) is 16.6 Å². The molecule has 152 valence electrons. The topological polar surface area (TPSA) is 72.1 Å². The van der Waals surface area contributed by atoms with Gasteiger partial charge in [0, 0.05) is 18.7 Å².